The molecular weight excluding hydrogens is 220 g/mol. The SMILES string of the molecule is C/C(N)=N/Nc1cc(Cl)ccc1[N+](=O)[O-]. The van der Waals surface area contributed by atoms with Gasteiger partial charge in [0.15, 0.2) is 0 Å². The van der Waals surface area contributed by atoms with E-state index in [1.54, 1.807) is 6.92 Å². The third kappa shape index (κ3) is 3.10. The number of amidine groups is 1. The van der Waals surface area contributed by atoms with E-state index in [-0.39, 0.29) is 17.2 Å². The van der Waals surface area contributed by atoms with Crippen molar-refractivity contribution >= 4 is 28.8 Å². The molecule has 0 bridgehead atoms. The molecule has 0 aromatic heterocycles. The summed E-state index contributed by atoms with van der Waals surface area (Å²) in [4.78, 5) is 10.1. The Morgan fingerprint density at radius 1 is 1.67 bits per heavy atom. The van der Waals surface area contributed by atoms with Gasteiger partial charge in [-0.25, -0.2) is 0 Å². The van der Waals surface area contributed by atoms with E-state index in [0.717, 1.165) is 0 Å². The van der Waals surface area contributed by atoms with Crippen LogP contribution < -0.4 is 11.2 Å². The summed E-state index contributed by atoms with van der Waals surface area (Å²) in [6.07, 6.45) is 0. The molecule has 1 rings (SSSR count). The number of nitrogens with two attached hydrogens (primary N) is 1. The quantitative estimate of drug-likeness (QED) is 0.358. The van der Waals surface area contributed by atoms with Crippen LogP contribution in [0.4, 0.5) is 11.4 Å². The molecule has 0 heterocycles. The van der Waals surface area contributed by atoms with Gasteiger partial charge in [0.1, 0.15) is 11.5 Å². The summed E-state index contributed by atoms with van der Waals surface area (Å²) in [5.74, 6) is 0.268. The van der Waals surface area contributed by atoms with Gasteiger partial charge in [-0.15, -0.1) is 0 Å². The van der Waals surface area contributed by atoms with E-state index in [1.165, 1.54) is 18.2 Å². The summed E-state index contributed by atoms with van der Waals surface area (Å²) in [5.41, 5.74) is 7.86. The van der Waals surface area contributed by atoms with Gasteiger partial charge in [0.05, 0.1) is 4.92 Å². The number of nitro benzene ring substituents is 1. The molecule has 15 heavy (non-hydrogen) atoms. The molecule has 0 atom stereocenters. The zero-order chi connectivity index (χ0) is 11.4. The summed E-state index contributed by atoms with van der Waals surface area (Å²) in [6.45, 7) is 1.56. The van der Waals surface area contributed by atoms with Gasteiger partial charge in [-0.3, -0.25) is 15.5 Å². The predicted octanol–water partition coefficient (Wildman–Crippen LogP) is 1.95. The second-order valence-electron chi connectivity index (χ2n) is 2.78. The molecule has 6 nitrogen and oxygen atoms in total. The Balaban J connectivity index is 3.07. The molecule has 0 aliphatic heterocycles. The molecule has 0 amide bonds. The second-order valence-corrected chi connectivity index (χ2v) is 3.22. The molecule has 0 spiro atoms. The molecule has 0 saturated heterocycles. The number of rotatable bonds is 3. The van der Waals surface area contributed by atoms with Crippen LogP contribution in [0.3, 0.4) is 0 Å². The second kappa shape index (κ2) is 4.61. The molecule has 3 N–H and O–H groups in total. The van der Waals surface area contributed by atoms with Crippen LogP contribution in [0.15, 0.2) is 23.3 Å². The average Bonchev–Trinajstić information content (AvgIpc) is 2.14. The van der Waals surface area contributed by atoms with Gasteiger partial charge < -0.3 is 5.73 Å². The topological polar surface area (TPSA) is 93.5 Å². The number of hydrazone groups is 1. The third-order valence-electron chi connectivity index (χ3n) is 1.51. The van der Waals surface area contributed by atoms with Crippen LogP contribution in [-0.2, 0) is 0 Å². The Hall–Kier alpha value is -1.82. The number of benzene rings is 1. The molecule has 0 aliphatic rings. The Morgan fingerprint density at radius 3 is 2.87 bits per heavy atom. The first kappa shape index (κ1) is 11.3. The smallest absolute Gasteiger partial charge is 0.294 e. The van der Waals surface area contributed by atoms with E-state index < -0.39 is 4.92 Å². The van der Waals surface area contributed by atoms with Crippen molar-refractivity contribution in [1.82, 2.24) is 0 Å². The highest BCUT2D eigenvalue weighted by Gasteiger charge is 2.13. The zero-order valence-corrected chi connectivity index (χ0v) is 8.65. The maximum absolute atomic E-state index is 10.6. The predicted molar refractivity (Wildman–Crippen MR) is 59.0 cm³/mol. The number of nitro groups is 1. The molecule has 1 aromatic rings. The van der Waals surface area contributed by atoms with E-state index in [2.05, 4.69) is 10.5 Å². The van der Waals surface area contributed by atoms with Crippen molar-refractivity contribution < 1.29 is 4.92 Å². The van der Waals surface area contributed by atoms with Crippen molar-refractivity contribution in [3.63, 3.8) is 0 Å². The van der Waals surface area contributed by atoms with Crippen LogP contribution in [0.5, 0.6) is 0 Å². The summed E-state index contributed by atoms with van der Waals surface area (Å²) in [5, 5.41) is 14.7. The van der Waals surface area contributed by atoms with Crippen molar-refractivity contribution in [2.45, 2.75) is 6.92 Å². The average molecular weight is 229 g/mol. The maximum Gasteiger partial charge on any atom is 0.294 e. The van der Waals surface area contributed by atoms with E-state index in [4.69, 9.17) is 17.3 Å². The fourth-order valence-corrected chi connectivity index (χ4v) is 1.08. The fraction of sp³-hybridized carbons (Fsp3) is 0.125. The number of nitrogens with one attached hydrogen (secondary N) is 1. The van der Waals surface area contributed by atoms with E-state index in [1.807, 2.05) is 0 Å². The summed E-state index contributed by atoms with van der Waals surface area (Å²) < 4.78 is 0. The van der Waals surface area contributed by atoms with E-state index >= 15 is 0 Å². The largest absolute Gasteiger partial charge is 0.386 e. The van der Waals surface area contributed by atoms with Crippen LogP contribution in [0, 0.1) is 10.1 Å². The minimum atomic E-state index is -0.528. The van der Waals surface area contributed by atoms with Crippen molar-refractivity contribution in [3.05, 3.63) is 33.3 Å². The standard InChI is InChI=1S/C8H9ClN4O2/c1-5(10)11-12-7-4-6(9)2-3-8(7)13(14)15/h2-4,12H,1H3,(H2,10,11). The van der Waals surface area contributed by atoms with Crippen LogP contribution in [0.2, 0.25) is 5.02 Å². The van der Waals surface area contributed by atoms with Crippen LogP contribution in [-0.4, -0.2) is 10.8 Å². The Morgan fingerprint density at radius 2 is 2.33 bits per heavy atom. The first-order chi connectivity index (χ1) is 7.00. The van der Waals surface area contributed by atoms with Crippen LogP contribution in [0.1, 0.15) is 6.92 Å². The van der Waals surface area contributed by atoms with Gasteiger partial charge in [0.2, 0.25) is 0 Å². The van der Waals surface area contributed by atoms with E-state index in [0.29, 0.717) is 5.02 Å². The monoisotopic (exact) mass is 228 g/mol. The Labute approximate surface area is 90.9 Å². The van der Waals surface area contributed by atoms with Gasteiger partial charge in [-0.2, -0.15) is 5.10 Å². The molecular formula is C8H9ClN4O2. The summed E-state index contributed by atoms with van der Waals surface area (Å²) in [6, 6.07) is 4.14. The van der Waals surface area contributed by atoms with Crippen LogP contribution >= 0.6 is 11.6 Å². The number of hydrogen-bond donors (Lipinski definition) is 2. The lowest BCUT2D eigenvalue weighted by molar-refractivity contribution is -0.384. The first-order valence-corrected chi connectivity index (χ1v) is 4.38. The number of hydrogen-bond acceptors (Lipinski definition) is 4. The summed E-state index contributed by atoms with van der Waals surface area (Å²) >= 11 is 5.69. The lowest BCUT2D eigenvalue weighted by atomic mass is 10.3. The Kier molecular flexibility index (Phi) is 3.46. The lowest BCUT2D eigenvalue weighted by Crippen LogP contribution is -2.08. The van der Waals surface area contributed by atoms with Gasteiger partial charge >= 0.3 is 0 Å². The molecule has 80 valence electrons. The molecule has 1 aromatic carbocycles. The zero-order valence-electron chi connectivity index (χ0n) is 7.90. The van der Waals surface area contributed by atoms with Gasteiger partial charge in [-0.1, -0.05) is 11.6 Å². The van der Waals surface area contributed by atoms with Gasteiger partial charge in [-0.05, 0) is 19.1 Å². The number of halogens is 1. The summed E-state index contributed by atoms with van der Waals surface area (Å²) in [7, 11) is 0. The van der Waals surface area contributed by atoms with Crippen molar-refractivity contribution in [3.8, 4) is 0 Å². The third-order valence-corrected chi connectivity index (χ3v) is 1.74. The highest BCUT2D eigenvalue weighted by molar-refractivity contribution is 6.31. The van der Waals surface area contributed by atoms with Gasteiger partial charge in [0.25, 0.3) is 5.69 Å². The highest BCUT2D eigenvalue weighted by atomic mass is 35.5. The molecule has 0 saturated carbocycles. The number of anilines is 1. The van der Waals surface area contributed by atoms with Crippen molar-refractivity contribution in [2.75, 3.05) is 5.43 Å². The Bertz CT molecular complexity index is 415. The number of nitrogens with zero attached hydrogens (tertiary/aromatic N) is 2. The molecule has 7 heteroatoms. The van der Waals surface area contributed by atoms with Crippen LogP contribution in [0.25, 0.3) is 0 Å². The normalized spacial score (nSPS) is 11.2. The van der Waals surface area contributed by atoms with Gasteiger partial charge in [0, 0.05) is 11.1 Å². The highest BCUT2D eigenvalue weighted by Crippen LogP contribution is 2.27. The van der Waals surface area contributed by atoms with E-state index in [9.17, 15) is 10.1 Å². The van der Waals surface area contributed by atoms with Crippen molar-refractivity contribution in [2.24, 2.45) is 10.8 Å². The molecule has 0 aliphatic carbocycles. The maximum atomic E-state index is 10.6. The minimum Gasteiger partial charge on any atom is -0.386 e. The minimum absolute atomic E-state index is 0.107. The lowest BCUT2D eigenvalue weighted by Gasteiger charge is -2.02. The first-order valence-electron chi connectivity index (χ1n) is 4.00. The molecule has 0 radical (unpaired) electrons. The fourth-order valence-electron chi connectivity index (χ4n) is 0.905. The van der Waals surface area contributed by atoms with Crippen molar-refractivity contribution in [1.29, 1.82) is 0 Å². The molecule has 0 fully saturated rings. The molecule has 0 unspecified atom stereocenters.